The Hall–Kier alpha value is -4.26. The van der Waals surface area contributed by atoms with Crippen LogP contribution in [0.25, 0.3) is 5.76 Å². The van der Waals surface area contributed by atoms with E-state index in [2.05, 4.69) is 13.8 Å². The summed E-state index contributed by atoms with van der Waals surface area (Å²) in [5.41, 5.74) is 1.88. The number of hydrogen-bond donors (Lipinski definition) is 1. The van der Waals surface area contributed by atoms with Crippen molar-refractivity contribution in [3.8, 4) is 17.2 Å². The van der Waals surface area contributed by atoms with E-state index in [4.69, 9.17) is 14.2 Å². The number of methoxy groups -OCH3 is 1. The highest BCUT2D eigenvalue weighted by atomic mass is 16.5. The predicted octanol–water partition coefficient (Wildman–Crippen LogP) is 6.14. The Bertz CT molecular complexity index is 1340. The Balaban J connectivity index is 1.77. The number of carbonyl (C=O) groups excluding carboxylic acids is 2. The molecule has 7 heteroatoms. The van der Waals surface area contributed by atoms with Crippen LogP contribution in [0.3, 0.4) is 0 Å². The smallest absolute Gasteiger partial charge is 0.295 e. The van der Waals surface area contributed by atoms with Crippen LogP contribution in [0.15, 0.2) is 78.4 Å². The predicted molar refractivity (Wildman–Crippen MR) is 150 cm³/mol. The Morgan fingerprint density at radius 1 is 0.897 bits per heavy atom. The van der Waals surface area contributed by atoms with Gasteiger partial charge in [0.1, 0.15) is 23.0 Å². The summed E-state index contributed by atoms with van der Waals surface area (Å²) in [6, 6.07) is 20.7. The van der Waals surface area contributed by atoms with E-state index in [9.17, 15) is 14.7 Å². The summed E-state index contributed by atoms with van der Waals surface area (Å²) in [6.07, 6.45) is -0.000444. The summed E-state index contributed by atoms with van der Waals surface area (Å²) in [5.74, 6) is 0.646. The molecule has 3 aromatic rings. The first-order chi connectivity index (χ1) is 18.7. The number of ether oxygens (including phenoxy) is 3. The number of rotatable bonds is 10. The molecule has 1 fully saturated rings. The van der Waals surface area contributed by atoms with Gasteiger partial charge in [-0.25, -0.2) is 0 Å². The van der Waals surface area contributed by atoms with Crippen molar-refractivity contribution in [3.05, 3.63) is 95.1 Å². The van der Waals surface area contributed by atoms with E-state index in [0.717, 1.165) is 5.56 Å². The average Bonchev–Trinajstić information content (AvgIpc) is 3.17. The molecule has 0 spiro atoms. The average molecular weight is 530 g/mol. The lowest BCUT2D eigenvalue weighted by Crippen LogP contribution is -2.29. The minimum absolute atomic E-state index is 0.000444. The van der Waals surface area contributed by atoms with Crippen molar-refractivity contribution in [2.45, 2.75) is 46.4 Å². The molecule has 1 amide bonds. The molecule has 4 rings (SSSR count). The molecule has 7 nitrogen and oxygen atoms in total. The number of benzene rings is 3. The summed E-state index contributed by atoms with van der Waals surface area (Å²) in [4.78, 5) is 28.3. The number of hydrogen-bond acceptors (Lipinski definition) is 6. The second-order valence-electron chi connectivity index (χ2n) is 10.2. The van der Waals surface area contributed by atoms with Crippen LogP contribution in [-0.2, 0) is 16.1 Å². The quantitative estimate of drug-likeness (QED) is 0.193. The Morgan fingerprint density at radius 3 is 2.15 bits per heavy atom. The summed E-state index contributed by atoms with van der Waals surface area (Å²) in [7, 11) is 1.56. The van der Waals surface area contributed by atoms with E-state index in [1.54, 1.807) is 43.5 Å². The van der Waals surface area contributed by atoms with Crippen molar-refractivity contribution in [2.75, 3.05) is 13.7 Å². The number of Topliss-reactive ketones (excluding diaryl/α,β-unsaturated/α-hetero) is 1. The van der Waals surface area contributed by atoms with Crippen LogP contribution in [0.4, 0.5) is 0 Å². The van der Waals surface area contributed by atoms with Gasteiger partial charge in [0.25, 0.3) is 11.7 Å². The highest BCUT2D eigenvalue weighted by Gasteiger charge is 2.46. The van der Waals surface area contributed by atoms with Crippen LogP contribution in [0.5, 0.6) is 17.2 Å². The zero-order valence-electron chi connectivity index (χ0n) is 23.0. The maximum atomic E-state index is 13.4. The number of nitrogens with zero attached hydrogens (tertiary/aromatic N) is 1. The molecule has 0 aliphatic carbocycles. The minimum atomic E-state index is -0.806. The summed E-state index contributed by atoms with van der Waals surface area (Å²) < 4.78 is 17.0. The highest BCUT2D eigenvalue weighted by molar-refractivity contribution is 6.46. The maximum Gasteiger partial charge on any atom is 0.295 e. The lowest BCUT2D eigenvalue weighted by molar-refractivity contribution is -0.140. The summed E-state index contributed by atoms with van der Waals surface area (Å²) in [5, 5.41) is 11.4. The number of aliphatic hydroxyl groups is 1. The van der Waals surface area contributed by atoms with Gasteiger partial charge in [-0.3, -0.25) is 9.59 Å². The van der Waals surface area contributed by atoms with Gasteiger partial charge in [0.05, 0.1) is 38.0 Å². The molecule has 0 aromatic heterocycles. The van der Waals surface area contributed by atoms with E-state index in [1.807, 2.05) is 50.2 Å². The third-order valence-electron chi connectivity index (χ3n) is 6.35. The zero-order valence-corrected chi connectivity index (χ0v) is 23.0. The van der Waals surface area contributed by atoms with Gasteiger partial charge in [0.15, 0.2) is 0 Å². The fourth-order valence-corrected chi connectivity index (χ4v) is 4.54. The van der Waals surface area contributed by atoms with Crippen molar-refractivity contribution < 1.29 is 28.9 Å². The van der Waals surface area contributed by atoms with E-state index in [1.165, 1.54) is 4.90 Å². The number of likely N-dealkylation sites (tertiary alicyclic amines) is 1. The second kappa shape index (κ2) is 12.1. The van der Waals surface area contributed by atoms with Crippen molar-refractivity contribution in [2.24, 2.45) is 5.92 Å². The van der Waals surface area contributed by atoms with Gasteiger partial charge in [-0.15, -0.1) is 0 Å². The normalized spacial score (nSPS) is 16.7. The minimum Gasteiger partial charge on any atom is -0.507 e. The van der Waals surface area contributed by atoms with Crippen molar-refractivity contribution in [1.29, 1.82) is 0 Å². The van der Waals surface area contributed by atoms with Crippen LogP contribution in [-0.4, -0.2) is 41.5 Å². The van der Waals surface area contributed by atoms with Gasteiger partial charge in [-0.05, 0) is 67.8 Å². The third kappa shape index (κ3) is 6.25. The highest BCUT2D eigenvalue weighted by Crippen LogP contribution is 2.41. The molecule has 204 valence electrons. The van der Waals surface area contributed by atoms with Gasteiger partial charge in [-0.2, -0.15) is 0 Å². The lowest BCUT2D eigenvalue weighted by atomic mass is 9.95. The molecule has 1 aliphatic heterocycles. The molecule has 0 saturated carbocycles. The molecule has 0 radical (unpaired) electrons. The molecule has 1 aliphatic rings. The fourth-order valence-electron chi connectivity index (χ4n) is 4.54. The van der Waals surface area contributed by atoms with Crippen LogP contribution < -0.4 is 14.2 Å². The number of para-hydroxylation sites is 1. The number of aliphatic hydroxyl groups excluding tert-OH is 1. The van der Waals surface area contributed by atoms with Crippen LogP contribution >= 0.6 is 0 Å². The summed E-state index contributed by atoms with van der Waals surface area (Å²) in [6.45, 7) is 8.69. The standard InChI is InChI=1S/C32H35NO6/c1-20(2)19-38-25-14-12-23(13-15-25)30(34)28-29(22-10-16-26(17-11-22)39-21(3)4)33(32(36)31(28)35)18-24-8-6-7-9-27(24)37-5/h6-17,20-21,29,34H,18-19H2,1-5H3/b30-28+. The number of ketones is 1. The zero-order chi connectivity index (χ0) is 28.1. The topological polar surface area (TPSA) is 85.3 Å². The van der Waals surface area contributed by atoms with Crippen molar-refractivity contribution in [1.82, 2.24) is 4.90 Å². The Kier molecular flexibility index (Phi) is 8.59. The first-order valence-corrected chi connectivity index (χ1v) is 13.1. The molecular weight excluding hydrogens is 494 g/mol. The number of amides is 1. The molecule has 1 unspecified atom stereocenters. The van der Waals surface area contributed by atoms with E-state index >= 15 is 0 Å². The number of carbonyl (C=O) groups is 2. The van der Waals surface area contributed by atoms with Crippen LogP contribution in [0.2, 0.25) is 0 Å². The van der Waals surface area contributed by atoms with Gasteiger partial charge in [-0.1, -0.05) is 44.2 Å². The largest absolute Gasteiger partial charge is 0.507 e. The molecule has 1 heterocycles. The molecule has 3 aromatic carbocycles. The fraction of sp³-hybridized carbons (Fsp3) is 0.312. The maximum absolute atomic E-state index is 13.4. The van der Waals surface area contributed by atoms with Gasteiger partial charge >= 0.3 is 0 Å². The van der Waals surface area contributed by atoms with Gasteiger partial charge in [0.2, 0.25) is 0 Å². The first-order valence-electron chi connectivity index (χ1n) is 13.1. The Labute approximate surface area is 229 Å². The molecule has 0 bridgehead atoms. The van der Waals surface area contributed by atoms with Crippen LogP contribution in [0, 0.1) is 5.92 Å². The van der Waals surface area contributed by atoms with Crippen LogP contribution in [0.1, 0.15) is 50.4 Å². The summed E-state index contributed by atoms with van der Waals surface area (Å²) >= 11 is 0. The molecule has 1 atom stereocenters. The molecule has 39 heavy (non-hydrogen) atoms. The monoisotopic (exact) mass is 529 g/mol. The first kappa shape index (κ1) is 27.8. The lowest BCUT2D eigenvalue weighted by Gasteiger charge is -2.26. The third-order valence-corrected chi connectivity index (χ3v) is 6.35. The Morgan fingerprint density at radius 2 is 1.54 bits per heavy atom. The SMILES string of the molecule is COc1ccccc1CN1C(=O)C(=O)/C(=C(/O)c2ccc(OCC(C)C)cc2)C1c1ccc(OC(C)C)cc1. The van der Waals surface area contributed by atoms with E-state index in [0.29, 0.717) is 40.9 Å². The second-order valence-corrected chi connectivity index (χ2v) is 10.2. The van der Waals surface area contributed by atoms with E-state index < -0.39 is 17.7 Å². The van der Waals surface area contributed by atoms with Gasteiger partial charge < -0.3 is 24.2 Å². The molecule has 1 saturated heterocycles. The van der Waals surface area contributed by atoms with Gasteiger partial charge in [0, 0.05) is 11.1 Å². The van der Waals surface area contributed by atoms with Crippen molar-refractivity contribution in [3.63, 3.8) is 0 Å². The van der Waals surface area contributed by atoms with Crippen molar-refractivity contribution >= 4 is 17.4 Å². The van der Waals surface area contributed by atoms with E-state index in [-0.39, 0.29) is 24.0 Å². The molecule has 1 N–H and O–H groups in total. The molecular formula is C32H35NO6.